The van der Waals surface area contributed by atoms with Gasteiger partial charge in [0.25, 0.3) is 5.91 Å². The van der Waals surface area contributed by atoms with Gasteiger partial charge in [-0.2, -0.15) is 13.2 Å². The van der Waals surface area contributed by atoms with Crippen LogP contribution in [0.15, 0.2) is 48.8 Å². The Balaban J connectivity index is 1.78. The van der Waals surface area contributed by atoms with Gasteiger partial charge in [0.2, 0.25) is 0 Å². The van der Waals surface area contributed by atoms with Crippen molar-refractivity contribution in [2.45, 2.75) is 13.1 Å². The van der Waals surface area contributed by atoms with E-state index in [1.165, 1.54) is 24.4 Å². The van der Waals surface area contributed by atoms with E-state index in [-0.39, 0.29) is 12.0 Å². The normalized spacial score (nSPS) is 12.0. The fraction of sp³-hybridized carbons (Fsp3) is 0.111. The summed E-state index contributed by atoms with van der Waals surface area (Å²) >= 11 is 0. The number of nitrogens with one attached hydrogen (secondary N) is 2. The van der Waals surface area contributed by atoms with Crippen molar-refractivity contribution in [1.82, 2.24) is 9.97 Å². The van der Waals surface area contributed by atoms with E-state index in [0.717, 1.165) is 17.1 Å². The number of fused-ring (bicyclic) bond motifs is 1. The largest absolute Gasteiger partial charge is 0.409 e. The zero-order valence-corrected chi connectivity index (χ0v) is 13.2. The number of aryl methyl sites for hydroxylation is 1. The number of carbonyl (C=O) groups excluding carboxylic acids is 1. The number of H-pyrrole nitrogens is 1. The van der Waals surface area contributed by atoms with E-state index in [1.54, 1.807) is 19.2 Å². The van der Waals surface area contributed by atoms with Gasteiger partial charge in [0.05, 0.1) is 11.9 Å². The molecular formula is C18H14F3N3O. The highest BCUT2D eigenvalue weighted by Gasteiger charge is 2.21. The Morgan fingerprint density at radius 2 is 2.04 bits per heavy atom. The third-order valence-electron chi connectivity index (χ3n) is 3.62. The maximum Gasteiger partial charge on any atom is 0.409 e. The zero-order chi connectivity index (χ0) is 18.0. The number of hydrogen-bond donors (Lipinski definition) is 2. The van der Waals surface area contributed by atoms with Gasteiger partial charge in [-0.1, -0.05) is 18.2 Å². The third kappa shape index (κ3) is 4.06. The summed E-state index contributed by atoms with van der Waals surface area (Å²) < 4.78 is 36.7. The molecule has 3 aromatic rings. The lowest BCUT2D eigenvalue weighted by Gasteiger charge is -2.08. The minimum Gasteiger partial charge on any atom is -0.346 e. The van der Waals surface area contributed by atoms with Crippen LogP contribution in [-0.4, -0.2) is 22.1 Å². The summed E-state index contributed by atoms with van der Waals surface area (Å²) in [7, 11) is 0. The van der Waals surface area contributed by atoms with Crippen molar-refractivity contribution in [2.75, 3.05) is 5.32 Å². The molecule has 0 saturated carbocycles. The number of anilines is 1. The minimum absolute atomic E-state index is 0.166. The van der Waals surface area contributed by atoms with Crippen LogP contribution in [0.5, 0.6) is 0 Å². The predicted octanol–water partition coefficient (Wildman–Crippen LogP) is 4.70. The molecule has 2 N–H and O–H groups in total. The molecule has 0 saturated heterocycles. The second kappa shape index (κ2) is 6.43. The second-order valence-electron chi connectivity index (χ2n) is 5.54. The van der Waals surface area contributed by atoms with Crippen molar-refractivity contribution in [2.24, 2.45) is 0 Å². The maximum absolute atomic E-state index is 12.4. The van der Waals surface area contributed by atoms with Crippen molar-refractivity contribution in [3.8, 4) is 0 Å². The number of amides is 1. The molecule has 7 heteroatoms. The number of rotatable bonds is 3. The minimum atomic E-state index is -4.37. The van der Waals surface area contributed by atoms with Gasteiger partial charge in [-0.15, -0.1) is 0 Å². The average molecular weight is 345 g/mol. The van der Waals surface area contributed by atoms with E-state index < -0.39 is 6.18 Å². The predicted molar refractivity (Wildman–Crippen MR) is 90.3 cm³/mol. The summed E-state index contributed by atoms with van der Waals surface area (Å²) in [5, 5.41) is 3.61. The summed E-state index contributed by atoms with van der Waals surface area (Å²) in [6, 6.07) is 8.13. The van der Waals surface area contributed by atoms with Gasteiger partial charge in [0, 0.05) is 23.2 Å². The molecule has 0 atom stereocenters. The Bertz CT molecular complexity index is 958. The van der Waals surface area contributed by atoms with E-state index >= 15 is 0 Å². The molecule has 0 aliphatic carbocycles. The molecule has 0 fully saturated rings. The topological polar surface area (TPSA) is 57.8 Å². The van der Waals surface area contributed by atoms with Crippen molar-refractivity contribution in [1.29, 1.82) is 0 Å². The molecular weight excluding hydrogens is 331 g/mol. The smallest absolute Gasteiger partial charge is 0.346 e. The highest BCUT2D eigenvalue weighted by atomic mass is 19.4. The van der Waals surface area contributed by atoms with Gasteiger partial charge in [-0.3, -0.25) is 4.79 Å². The Hall–Kier alpha value is -3.09. The van der Waals surface area contributed by atoms with Crippen LogP contribution in [0.3, 0.4) is 0 Å². The molecule has 1 aromatic carbocycles. The number of aromatic amines is 1. The highest BCUT2D eigenvalue weighted by molar-refractivity contribution is 6.05. The molecule has 0 bridgehead atoms. The van der Waals surface area contributed by atoms with Gasteiger partial charge in [0.1, 0.15) is 5.65 Å². The summed E-state index contributed by atoms with van der Waals surface area (Å²) in [5.74, 6) is -0.347. The first kappa shape index (κ1) is 16.8. The van der Waals surface area contributed by atoms with Gasteiger partial charge in [-0.05, 0) is 36.2 Å². The van der Waals surface area contributed by atoms with Crippen molar-refractivity contribution in [3.05, 3.63) is 65.5 Å². The van der Waals surface area contributed by atoms with Crippen molar-refractivity contribution in [3.63, 3.8) is 0 Å². The Morgan fingerprint density at radius 1 is 1.24 bits per heavy atom. The summed E-state index contributed by atoms with van der Waals surface area (Å²) in [6.07, 6.45) is 0.0542. The van der Waals surface area contributed by atoms with Gasteiger partial charge < -0.3 is 10.3 Å². The average Bonchev–Trinajstić information content (AvgIpc) is 3.00. The fourth-order valence-corrected chi connectivity index (χ4v) is 2.44. The molecule has 0 unspecified atom stereocenters. The van der Waals surface area contributed by atoms with Crippen LogP contribution in [0, 0.1) is 6.92 Å². The Labute approximate surface area is 141 Å². The molecule has 25 heavy (non-hydrogen) atoms. The summed E-state index contributed by atoms with van der Waals surface area (Å²) in [4.78, 5) is 19.5. The van der Waals surface area contributed by atoms with Crippen LogP contribution in [0.2, 0.25) is 0 Å². The standard InChI is InChI=1S/C18H14F3N3O/c1-11-8-12(4-6-18(19,20)21)2-3-15(11)17(25)24-14-9-13-5-7-22-16(13)23-10-14/h2-10H,1H3,(H,22,23)(H,24,25)/b6-4+. The van der Waals surface area contributed by atoms with Crippen LogP contribution in [0.1, 0.15) is 21.5 Å². The summed E-state index contributed by atoms with van der Waals surface area (Å²) in [6.45, 7) is 1.67. The number of aromatic nitrogens is 2. The molecule has 0 radical (unpaired) electrons. The lowest BCUT2D eigenvalue weighted by molar-refractivity contribution is -0.0790. The van der Waals surface area contributed by atoms with Crippen molar-refractivity contribution >= 4 is 28.7 Å². The molecule has 0 spiro atoms. The van der Waals surface area contributed by atoms with Gasteiger partial charge >= 0.3 is 6.18 Å². The number of hydrogen-bond acceptors (Lipinski definition) is 2. The zero-order valence-electron chi connectivity index (χ0n) is 13.2. The third-order valence-corrected chi connectivity index (χ3v) is 3.62. The second-order valence-corrected chi connectivity index (χ2v) is 5.54. The number of halogens is 3. The number of nitrogens with zero attached hydrogens (tertiary/aromatic N) is 1. The molecule has 4 nitrogen and oxygen atoms in total. The molecule has 0 aliphatic rings. The van der Waals surface area contributed by atoms with Crippen LogP contribution in [-0.2, 0) is 0 Å². The SMILES string of the molecule is Cc1cc(/C=C/C(F)(F)F)ccc1C(=O)Nc1cnc2[nH]ccc2c1. The van der Waals surface area contributed by atoms with E-state index in [9.17, 15) is 18.0 Å². The molecule has 0 aliphatic heterocycles. The highest BCUT2D eigenvalue weighted by Crippen LogP contribution is 2.21. The quantitative estimate of drug-likeness (QED) is 0.723. The summed E-state index contributed by atoms with van der Waals surface area (Å²) in [5.41, 5.74) is 2.60. The molecule has 2 heterocycles. The lowest BCUT2D eigenvalue weighted by Crippen LogP contribution is -2.13. The van der Waals surface area contributed by atoms with Gasteiger partial charge in [-0.25, -0.2) is 4.98 Å². The number of carbonyl (C=O) groups is 1. The van der Waals surface area contributed by atoms with Crippen LogP contribution >= 0.6 is 0 Å². The number of allylic oxidation sites excluding steroid dienone is 1. The monoisotopic (exact) mass is 345 g/mol. The van der Waals surface area contributed by atoms with E-state index in [1.807, 2.05) is 6.07 Å². The van der Waals surface area contributed by atoms with E-state index in [2.05, 4.69) is 15.3 Å². The van der Waals surface area contributed by atoms with E-state index in [0.29, 0.717) is 22.4 Å². The van der Waals surface area contributed by atoms with Gasteiger partial charge in [0.15, 0.2) is 0 Å². The van der Waals surface area contributed by atoms with E-state index in [4.69, 9.17) is 0 Å². The molecule has 2 aromatic heterocycles. The fourth-order valence-electron chi connectivity index (χ4n) is 2.44. The number of alkyl halides is 3. The first-order valence-electron chi connectivity index (χ1n) is 7.43. The molecule has 1 amide bonds. The first-order chi connectivity index (χ1) is 11.8. The number of pyridine rings is 1. The van der Waals surface area contributed by atoms with Crippen molar-refractivity contribution < 1.29 is 18.0 Å². The Kier molecular flexibility index (Phi) is 4.31. The lowest BCUT2D eigenvalue weighted by atomic mass is 10.0. The first-order valence-corrected chi connectivity index (χ1v) is 7.43. The number of benzene rings is 1. The molecule has 128 valence electrons. The molecule has 3 rings (SSSR count). The maximum atomic E-state index is 12.4. The van der Waals surface area contributed by atoms with Crippen LogP contribution in [0.25, 0.3) is 17.1 Å². The Morgan fingerprint density at radius 3 is 2.76 bits per heavy atom. The van der Waals surface area contributed by atoms with Crippen LogP contribution < -0.4 is 5.32 Å². The van der Waals surface area contributed by atoms with Crippen LogP contribution in [0.4, 0.5) is 18.9 Å².